The Kier molecular flexibility index (Phi) is 5.93. The number of hydrogen-bond acceptors (Lipinski definition) is 5. The molecule has 2 heterocycles. The van der Waals surface area contributed by atoms with E-state index in [9.17, 15) is 14.4 Å². The van der Waals surface area contributed by atoms with Crippen LogP contribution in [0.15, 0.2) is 83.7 Å². The number of carbonyl (C=O) groups is 2. The summed E-state index contributed by atoms with van der Waals surface area (Å²) in [5, 5.41) is 2.66. The second-order valence-corrected chi connectivity index (χ2v) is 8.62. The number of carbonyl (C=O) groups excluding carboxylic acids is 2. The summed E-state index contributed by atoms with van der Waals surface area (Å²) in [6.07, 6.45) is -1.14. The summed E-state index contributed by atoms with van der Waals surface area (Å²) in [6.45, 7) is 3.22. The molecule has 1 atom stereocenters. The third-order valence-corrected chi connectivity index (χ3v) is 6.38. The highest BCUT2D eigenvalue weighted by atomic mass is 16.5. The van der Waals surface area contributed by atoms with Gasteiger partial charge in [0.2, 0.25) is 0 Å². The van der Waals surface area contributed by atoms with Crippen molar-refractivity contribution in [1.82, 2.24) is 9.36 Å². The molecule has 1 aromatic heterocycles. The molecule has 1 amide bonds. The first-order chi connectivity index (χ1) is 17.4. The fourth-order valence-electron chi connectivity index (χ4n) is 4.40. The number of esters is 1. The lowest BCUT2D eigenvalue weighted by Gasteiger charge is -2.27. The highest BCUT2D eigenvalue weighted by Crippen LogP contribution is 2.44. The molecular weight excluding hydrogens is 458 g/mol. The standard InChI is InChI=1S/C28H25N3O5/c1-17-25(27(33)31(30(17)3)19-11-5-4-6-12-19)29-26(32)18(2)35-28(34)24-20-13-7-9-15-22(20)36-23-16-10-8-14-21(23)24/h4-16,18,24H,1-3H3,(H,29,32). The minimum absolute atomic E-state index is 0.135. The largest absolute Gasteiger partial charge is 0.457 e. The predicted molar refractivity (Wildman–Crippen MR) is 135 cm³/mol. The molecule has 1 aliphatic rings. The van der Waals surface area contributed by atoms with Gasteiger partial charge >= 0.3 is 5.97 Å². The van der Waals surface area contributed by atoms with Crippen LogP contribution in [-0.4, -0.2) is 27.3 Å². The van der Waals surface area contributed by atoms with Crippen LogP contribution in [0.4, 0.5) is 5.69 Å². The van der Waals surface area contributed by atoms with Gasteiger partial charge in [-0.1, -0.05) is 54.6 Å². The fourth-order valence-corrected chi connectivity index (χ4v) is 4.40. The van der Waals surface area contributed by atoms with E-state index in [0.717, 1.165) is 0 Å². The van der Waals surface area contributed by atoms with Crippen molar-refractivity contribution in [3.8, 4) is 17.2 Å². The number of amides is 1. The summed E-state index contributed by atoms with van der Waals surface area (Å²) >= 11 is 0. The van der Waals surface area contributed by atoms with Gasteiger partial charge in [0, 0.05) is 18.2 Å². The molecular formula is C28H25N3O5. The Morgan fingerprint density at radius 3 is 2.08 bits per heavy atom. The van der Waals surface area contributed by atoms with Crippen molar-refractivity contribution in [2.24, 2.45) is 7.05 Å². The minimum Gasteiger partial charge on any atom is -0.457 e. The van der Waals surface area contributed by atoms with Gasteiger partial charge < -0.3 is 14.8 Å². The van der Waals surface area contributed by atoms with Gasteiger partial charge in [-0.3, -0.25) is 19.1 Å². The van der Waals surface area contributed by atoms with Crippen LogP contribution in [0.25, 0.3) is 5.69 Å². The van der Waals surface area contributed by atoms with Gasteiger partial charge in [-0.2, -0.15) is 0 Å². The first-order valence-corrected chi connectivity index (χ1v) is 11.6. The Balaban J connectivity index is 1.38. The molecule has 0 aliphatic carbocycles. The first-order valence-electron chi connectivity index (χ1n) is 11.6. The molecule has 1 aliphatic heterocycles. The number of nitrogens with zero attached hydrogens (tertiary/aromatic N) is 2. The molecule has 0 bridgehead atoms. The van der Waals surface area contributed by atoms with Gasteiger partial charge in [-0.25, -0.2) is 4.68 Å². The molecule has 5 rings (SSSR count). The number of benzene rings is 3. The SMILES string of the molecule is Cc1c(NC(=O)C(C)OC(=O)C2c3ccccc3Oc3ccccc32)c(=O)n(-c2ccccc2)n1C. The zero-order valence-electron chi connectivity index (χ0n) is 20.1. The molecule has 0 saturated carbocycles. The topological polar surface area (TPSA) is 91.6 Å². The fraction of sp³-hybridized carbons (Fsp3) is 0.179. The number of ether oxygens (including phenoxy) is 2. The summed E-state index contributed by atoms with van der Waals surface area (Å²) in [7, 11) is 1.74. The molecule has 0 spiro atoms. The van der Waals surface area contributed by atoms with E-state index < -0.39 is 23.9 Å². The van der Waals surface area contributed by atoms with E-state index in [1.807, 2.05) is 42.5 Å². The maximum Gasteiger partial charge on any atom is 0.318 e. The quantitative estimate of drug-likeness (QED) is 0.428. The van der Waals surface area contributed by atoms with Crippen molar-refractivity contribution in [3.63, 3.8) is 0 Å². The molecule has 8 nitrogen and oxygen atoms in total. The molecule has 36 heavy (non-hydrogen) atoms. The van der Waals surface area contributed by atoms with Crippen molar-refractivity contribution < 1.29 is 19.1 Å². The number of fused-ring (bicyclic) bond motifs is 2. The van der Waals surface area contributed by atoms with E-state index in [2.05, 4.69) is 5.32 Å². The van der Waals surface area contributed by atoms with E-state index in [0.29, 0.717) is 34.0 Å². The Morgan fingerprint density at radius 1 is 0.917 bits per heavy atom. The Hall–Kier alpha value is -4.59. The summed E-state index contributed by atoms with van der Waals surface area (Å²) in [5.41, 5.74) is 2.33. The van der Waals surface area contributed by atoms with Gasteiger partial charge in [0.25, 0.3) is 11.5 Å². The van der Waals surface area contributed by atoms with E-state index in [4.69, 9.17) is 9.47 Å². The average molecular weight is 484 g/mol. The summed E-state index contributed by atoms with van der Waals surface area (Å²) in [4.78, 5) is 39.5. The van der Waals surface area contributed by atoms with E-state index in [-0.39, 0.29) is 11.2 Å². The third kappa shape index (κ3) is 3.96. The molecule has 1 unspecified atom stereocenters. The van der Waals surface area contributed by atoms with Gasteiger partial charge in [-0.15, -0.1) is 0 Å². The lowest BCUT2D eigenvalue weighted by molar-refractivity contribution is -0.153. The van der Waals surface area contributed by atoms with Crippen LogP contribution < -0.4 is 15.6 Å². The van der Waals surface area contributed by atoms with Gasteiger partial charge in [0.1, 0.15) is 23.1 Å². The summed E-state index contributed by atoms with van der Waals surface area (Å²) < 4.78 is 14.7. The molecule has 4 aromatic rings. The number of rotatable bonds is 5. The third-order valence-electron chi connectivity index (χ3n) is 6.38. The van der Waals surface area contributed by atoms with Crippen LogP contribution >= 0.6 is 0 Å². The molecule has 0 radical (unpaired) electrons. The van der Waals surface area contributed by atoms with Crippen LogP contribution in [0.3, 0.4) is 0 Å². The Labute approximate surface area is 207 Å². The average Bonchev–Trinajstić information content (AvgIpc) is 3.10. The zero-order chi connectivity index (χ0) is 25.4. The van der Waals surface area contributed by atoms with Crippen molar-refractivity contribution in [2.45, 2.75) is 25.9 Å². The number of aromatic nitrogens is 2. The van der Waals surface area contributed by atoms with Crippen LogP contribution in [-0.2, 0) is 21.4 Å². The van der Waals surface area contributed by atoms with E-state index in [1.165, 1.54) is 11.6 Å². The highest BCUT2D eigenvalue weighted by Gasteiger charge is 2.35. The maximum absolute atomic E-state index is 13.3. The Bertz CT molecular complexity index is 1470. The second-order valence-electron chi connectivity index (χ2n) is 8.62. The van der Waals surface area contributed by atoms with Crippen LogP contribution in [0.2, 0.25) is 0 Å². The number of hydrogen-bond donors (Lipinski definition) is 1. The van der Waals surface area contributed by atoms with Gasteiger partial charge in [-0.05, 0) is 38.1 Å². The van der Waals surface area contributed by atoms with Crippen molar-refractivity contribution in [3.05, 3.63) is 106 Å². The Morgan fingerprint density at radius 2 is 1.47 bits per heavy atom. The lowest BCUT2D eigenvalue weighted by Crippen LogP contribution is -2.34. The molecule has 8 heteroatoms. The van der Waals surface area contributed by atoms with Crippen molar-refractivity contribution in [2.75, 3.05) is 5.32 Å². The molecule has 182 valence electrons. The van der Waals surface area contributed by atoms with Gasteiger partial charge in [0.05, 0.1) is 11.4 Å². The smallest absolute Gasteiger partial charge is 0.318 e. The van der Waals surface area contributed by atoms with Crippen LogP contribution in [0, 0.1) is 6.92 Å². The van der Waals surface area contributed by atoms with E-state index >= 15 is 0 Å². The van der Waals surface area contributed by atoms with E-state index in [1.54, 1.807) is 55.1 Å². The maximum atomic E-state index is 13.3. The minimum atomic E-state index is -1.14. The van der Waals surface area contributed by atoms with Crippen molar-refractivity contribution in [1.29, 1.82) is 0 Å². The summed E-state index contributed by atoms with van der Waals surface area (Å²) in [6, 6.07) is 23.6. The monoisotopic (exact) mass is 483 g/mol. The number of nitrogens with one attached hydrogen (secondary N) is 1. The lowest BCUT2D eigenvalue weighted by atomic mass is 9.88. The summed E-state index contributed by atoms with van der Waals surface area (Å²) in [5.74, 6) is -0.779. The van der Waals surface area contributed by atoms with Gasteiger partial charge in [0.15, 0.2) is 6.10 Å². The van der Waals surface area contributed by atoms with Crippen LogP contribution in [0.1, 0.15) is 29.7 Å². The second kappa shape index (κ2) is 9.22. The molecule has 0 fully saturated rings. The van der Waals surface area contributed by atoms with Crippen LogP contribution in [0.5, 0.6) is 11.5 Å². The molecule has 1 N–H and O–H groups in total. The normalized spacial score (nSPS) is 13.2. The van der Waals surface area contributed by atoms with Crippen molar-refractivity contribution >= 4 is 17.6 Å². The first kappa shape index (κ1) is 23.2. The number of anilines is 1. The molecule has 3 aromatic carbocycles. The number of para-hydroxylation sites is 3. The predicted octanol–water partition coefficient (Wildman–Crippen LogP) is 4.29. The molecule has 0 saturated heterocycles. The highest BCUT2D eigenvalue weighted by molar-refractivity contribution is 5.96. The zero-order valence-corrected chi connectivity index (χ0v) is 20.1.